The molecule has 51 valence electrons. The minimum atomic E-state index is 0. The maximum Gasteiger partial charge on any atom is 0 e. The fourth-order valence-corrected chi connectivity index (χ4v) is 0.592. The first-order valence-corrected chi connectivity index (χ1v) is 3.00. The van der Waals surface area contributed by atoms with Gasteiger partial charge in [0, 0.05) is 32.7 Å². The topological polar surface area (TPSA) is 25.8 Å². The Labute approximate surface area is 86.3 Å². The molecule has 1 heterocycles. The van der Waals surface area contributed by atoms with Gasteiger partial charge in [0.1, 0.15) is 0 Å². The summed E-state index contributed by atoms with van der Waals surface area (Å²) in [6.45, 7) is 4.21. The molecule has 0 N–H and O–H groups in total. The van der Waals surface area contributed by atoms with Crippen LogP contribution in [-0.4, -0.2) is 10.2 Å². The van der Waals surface area contributed by atoms with E-state index in [2.05, 4.69) is 30.2 Å². The predicted octanol–water partition coefficient (Wildman–Crippen LogP) is 1.40. The van der Waals surface area contributed by atoms with Gasteiger partial charge in [0.25, 0.3) is 0 Å². The summed E-state index contributed by atoms with van der Waals surface area (Å²) in [6.07, 6.45) is 4.49. The van der Waals surface area contributed by atoms with Gasteiger partial charge in [0.15, 0.2) is 0 Å². The van der Waals surface area contributed by atoms with Crippen molar-refractivity contribution in [2.45, 2.75) is 19.8 Å². The van der Waals surface area contributed by atoms with Gasteiger partial charge in [-0.05, 0) is 6.20 Å². The molecule has 0 aromatic carbocycles. The van der Waals surface area contributed by atoms with Crippen molar-refractivity contribution in [1.82, 2.24) is 10.2 Å². The van der Waals surface area contributed by atoms with Crippen LogP contribution in [0.4, 0.5) is 0 Å². The molecule has 0 atom stereocenters. The van der Waals surface area contributed by atoms with Crippen LogP contribution < -0.4 is 0 Å². The number of nitrogens with zero attached hydrogens (tertiary/aromatic N) is 2. The summed E-state index contributed by atoms with van der Waals surface area (Å²) in [6, 6.07) is 1.93. The molecule has 3 heteroatoms. The molecule has 2 nitrogen and oxygen atoms in total. The molecule has 1 rings (SSSR count). The SMILES string of the molecule is CC(C)c1[c-]nncc1.[Y]. The Bertz CT molecular complexity index is 174. The molecule has 0 saturated heterocycles. The number of aromatic nitrogens is 2. The normalized spacial score (nSPS) is 9.10. The average Bonchev–Trinajstić information content (AvgIpc) is 1.90. The van der Waals surface area contributed by atoms with Gasteiger partial charge in [-0.3, -0.25) is 5.10 Å². The van der Waals surface area contributed by atoms with E-state index in [0.29, 0.717) is 5.92 Å². The second-order valence-corrected chi connectivity index (χ2v) is 2.25. The van der Waals surface area contributed by atoms with Crippen molar-refractivity contribution >= 4 is 0 Å². The van der Waals surface area contributed by atoms with Crippen molar-refractivity contribution in [3.63, 3.8) is 0 Å². The van der Waals surface area contributed by atoms with Crippen LogP contribution in [0.1, 0.15) is 25.3 Å². The molecular weight excluding hydrogens is 201 g/mol. The first-order valence-electron chi connectivity index (χ1n) is 3.00. The minimum absolute atomic E-state index is 0. The van der Waals surface area contributed by atoms with Gasteiger partial charge in [0.05, 0.1) is 0 Å². The summed E-state index contributed by atoms with van der Waals surface area (Å²) >= 11 is 0. The number of rotatable bonds is 1. The van der Waals surface area contributed by atoms with Crippen molar-refractivity contribution < 1.29 is 32.7 Å². The van der Waals surface area contributed by atoms with Crippen LogP contribution in [0.15, 0.2) is 12.3 Å². The molecule has 1 aromatic rings. The molecular formula is C7H9N2Y-. The Morgan fingerprint density at radius 1 is 1.50 bits per heavy atom. The zero-order valence-electron chi connectivity index (χ0n) is 6.20. The van der Waals surface area contributed by atoms with Crippen molar-refractivity contribution in [2.24, 2.45) is 0 Å². The molecule has 0 saturated carbocycles. The van der Waals surface area contributed by atoms with Crippen molar-refractivity contribution in [1.29, 1.82) is 0 Å². The molecule has 0 unspecified atom stereocenters. The fourth-order valence-electron chi connectivity index (χ4n) is 0.592. The van der Waals surface area contributed by atoms with Gasteiger partial charge in [-0.2, -0.15) is 16.7 Å². The van der Waals surface area contributed by atoms with E-state index < -0.39 is 0 Å². The van der Waals surface area contributed by atoms with Gasteiger partial charge in [0.2, 0.25) is 0 Å². The summed E-state index contributed by atoms with van der Waals surface area (Å²) in [5.41, 5.74) is 1.12. The quantitative estimate of drug-likeness (QED) is 0.654. The first kappa shape index (κ1) is 10.2. The second-order valence-electron chi connectivity index (χ2n) is 2.25. The molecule has 0 fully saturated rings. The molecule has 10 heavy (non-hydrogen) atoms. The second kappa shape index (κ2) is 4.92. The van der Waals surface area contributed by atoms with Crippen molar-refractivity contribution in [3.8, 4) is 0 Å². The average molecular weight is 210 g/mol. The zero-order valence-corrected chi connectivity index (χ0v) is 9.04. The van der Waals surface area contributed by atoms with E-state index in [1.165, 1.54) is 0 Å². The third-order valence-corrected chi connectivity index (χ3v) is 1.18. The number of hydrogen-bond acceptors (Lipinski definition) is 2. The predicted molar refractivity (Wildman–Crippen MR) is 35.0 cm³/mol. The maximum absolute atomic E-state index is 3.63. The molecule has 1 radical (unpaired) electrons. The van der Waals surface area contributed by atoms with Crippen LogP contribution in [0.25, 0.3) is 0 Å². The van der Waals surface area contributed by atoms with Crippen LogP contribution >= 0.6 is 0 Å². The van der Waals surface area contributed by atoms with Gasteiger partial charge in [-0.25, -0.2) is 0 Å². The fraction of sp³-hybridized carbons (Fsp3) is 0.429. The van der Waals surface area contributed by atoms with Gasteiger partial charge in [-0.15, -0.1) is 6.20 Å². The van der Waals surface area contributed by atoms with E-state index in [1.807, 2.05) is 6.07 Å². The van der Waals surface area contributed by atoms with E-state index in [1.54, 1.807) is 6.20 Å². The van der Waals surface area contributed by atoms with Crippen LogP contribution in [0.3, 0.4) is 0 Å². The van der Waals surface area contributed by atoms with Crippen LogP contribution in [0.2, 0.25) is 0 Å². The molecule has 0 aliphatic carbocycles. The first-order chi connectivity index (χ1) is 4.30. The summed E-state index contributed by atoms with van der Waals surface area (Å²) in [4.78, 5) is 0. The molecule has 0 spiro atoms. The van der Waals surface area contributed by atoms with E-state index in [-0.39, 0.29) is 32.7 Å². The molecule has 0 amide bonds. The molecule has 0 aliphatic rings. The van der Waals surface area contributed by atoms with Gasteiger partial charge in [-0.1, -0.05) is 19.8 Å². The Hall–Kier alpha value is 0.184. The standard InChI is InChI=1S/C7H9N2.Y/c1-6(2)7-3-4-8-9-5-7;/h3-4,6H,1-2H3;/q-1;. The van der Waals surface area contributed by atoms with E-state index in [4.69, 9.17) is 0 Å². The third kappa shape index (κ3) is 2.85. The zero-order chi connectivity index (χ0) is 6.69. The Kier molecular flexibility index (Phi) is 5.01. The van der Waals surface area contributed by atoms with E-state index in [9.17, 15) is 0 Å². The van der Waals surface area contributed by atoms with Crippen LogP contribution in [0.5, 0.6) is 0 Å². The molecule has 0 bridgehead atoms. The van der Waals surface area contributed by atoms with Gasteiger partial charge >= 0.3 is 0 Å². The summed E-state index contributed by atoms with van der Waals surface area (Å²) in [5, 5.41) is 7.25. The summed E-state index contributed by atoms with van der Waals surface area (Å²) in [5.74, 6) is 0.500. The maximum atomic E-state index is 3.63. The van der Waals surface area contributed by atoms with Crippen LogP contribution in [0, 0.1) is 6.20 Å². The largest absolute Gasteiger partial charge is 0.268 e. The molecule has 0 aliphatic heterocycles. The minimum Gasteiger partial charge on any atom is -0.268 e. The Morgan fingerprint density at radius 3 is 2.50 bits per heavy atom. The summed E-state index contributed by atoms with van der Waals surface area (Å²) in [7, 11) is 0. The van der Waals surface area contributed by atoms with Crippen molar-refractivity contribution in [2.75, 3.05) is 0 Å². The molecule has 1 aromatic heterocycles. The van der Waals surface area contributed by atoms with E-state index >= 15 is 0 Å². The Balaban J connectivity index is 0.000000810. The smallest absolute Gasteiger partial charge is 0 e. The number of hydrogen-bond donors (Lipinski definition) is 0. The third-order valence-electron chi connectivity index (χ3n) is 1.18. The van der Waals surface area contributed by atoms with E-state index in [0.717, 1.165) is 5.56 Å². The monoisotopic (exact) mass is 210 g/mol. The summed E-state index contributed by atoms with van der Waals surface area (Å²) < 4.78 is 0. The van der Waals surface area contributed by atoms with Crippen LogP contribution in [-0.2, 0) is 32.7 Å². The van der Waals surface area contributed by atoms with Gasteiger partial charge < -0.3 is 0 Å². The van der Waals surface area contributed by atoms with Crippen molar-refractivity contribution in [3.05, 3.63) is 24.0 Å². The Morgan fingerprint density at radius 2 is 2.20 bits per heavy atom.